The van der Waals surface area contributed by atoms with Gasteiger partial charge in [-0.25, -0.2) is 8.42 Å². The summed E-state index contributed by atoms with van der Waals surface area (Å²) in [5.41, 5.74) is 0.903. The van der Waals surface area contributed by atoms with E-state index in [1.807, 2.05) is 6.07 Å². The maximum Gasteiger partial charge on any atom is 0.265 e. The van der Waals surface area contributed by atoms with Crippen LogP contribution in [0.25, 0.3) is 0 Å². The lowest BCUT2D eigenvalue weighted by Crippen LogP contribution is -2.50. The lowest BCUT2D eigenvalue weighted by molar-refractivity contribution is -0.122. The van der Waals surface area contributed by atoms with Gasteiger partial charge in [0.05, 0.1) is 10.7 Å². The van der Waals surface area contributed by atoms with Crippen molar-refractivity contribution in [1.29, 1.82) is 0 Å². The lowest BCUT2D eigenvalue weighted by Gasteiger charge is -2.34. The van der Waals surface area contributed by atoms with Gasteiger partial charge >= 0.3 is 0 Å². The van der Waals surface area contributed by atoms with Crippen molar-refractivity contribution in [1.82, 2.24) is 9.21 Å². The summed E-state index contributed by atoms with van der Waals surface area (Å²) in [4.78, 5) is 25.9. The number of nitrogens with one attached hydrogen (secondary N) is 1. The van der Waals surface area contributed by atoms with E-state index >= 15 is 0 Å². The molecular weight excluding hydrogens is 430 g/mol. The Kier molecular flexibility index (Phi) is 5.44. The Labute approximate surface area is 179 Å². The first-order valence-corrected chi connectivity index (χ1v) is 11.2. The monoisotopic (exact) mass is 449 g/mol. The molecule has 8 nitrogen and oxygen atoms in total. The largest absolute Gasteiger partial charge is 0.479 e. The molecule has 0 unspecified atom stereocenters. The summed E-state index contributed by atoms with van der Waals surface area (Å²) >= 11 is 6.23. The SMILES string of the molecule is C[C@H]1Oc2cc(S(=O)(=O)N3CCN(C(=O)c4ccccc4)CC3)c(Cl)cc2NC1=O. The van der Waals surface area contributed by atoms with Gasteiger partial charge in [-0.2, -0.15) is 4.31 Å². The van der Waals surface area contributed by atoms with Crippen molar-refractivity contribution in [3.05, 3.63) is 53.1 Å². The molecule has 158 valence electrons. The van der Waals surface area contributed by atoms with E-state index in [2.05, 4.69) is 5.32 Å². The minimum absolute atomic E-state index is 0.00463. The smallest absolute Gasteiger partial charge is 0.265 e. The van der Waals surface area contributed by atoms with Crippen LogP contribution in [0.3, 0.4) is 0 Å². The highest BCUT2D eigenvalue weighted by atomic mass is 35.5. The molecule has 1 fully saturated rings. The second-order valence-corrected chi connectivity index (χ2v) is 9.40. The molecule has 0 aromatic heterocycles. The first kappa shape index (κ1) is 20.6. The third-order valence-electron chi connectivity index (χ3n) is 5.13. The van der Waals surface area contributed by atoms with E-state index in [4.69, 9.17) is 16.3 Å². The highest BCUT2D eigenvalue weighted by molar-refractivity contribution is 7.89. The van der Waals surface area contributed by atoms with Crippen LogP contribution < -0.4 is 10.1 Å². The number of hydrogen-bond donors (Lipinski definition) is 1. The van der Waals surface area contributed by atoms with Crippen molar-refractivity contribution < 1.29 is 22.7 Å². The number of ether oxygens (including phenoxy) is 1. The molecule has 0 bridgehead atoms. The molecule has 30 heavy (non-hydrogen) atoms. The summed E-state index contributed by atoms with van der Waals surface area (Å²) < 4.78 is 33.2. The van der Waals surface area contributed by atoms with Gasteiger partial charge in [-0.15, -0.1) is 0 Å². The number of halogens is 1. The average molecular weight is 450 g/mol. The standard InChI is InChI=1S/C20H20ClN3O5S/c1-13-19(25)22-16-11-15(21)18(12-17(16)29-13)30(27,28)24-9-7-23(8-10-24)20(26)14-5-3-2-4-6-14/h2-6,11-13H,7-10H2,1H3,(H,22,25)/t13-/m1/s1. The molecule has 2 amide bonds. The predicted molar refractivity (Wildman–Crippen MR) is 111 cm³/mol. The maximum atomic E-state index is 13.2. The quantitative estimate of drug-likeness (QED) is 0.775. The Bertz CT molecular complexity index is 1100. The van der Waals surface area contributed by atoms with Crippen LogP contribution in [0.5, 0.6) is 5.75 Å². The number of fused-ring (bicyclic) bond motifs is 1. The van der Waals surface area contributed by atoms with Crippen molar-refractivity contribution in [2.24, 2.45) is 0 Å². The second-order valence-electron chi connectivity index (χ2n) is 7.09. The number of carbonyl (C=O) groups excluding carboxylic acids is 2. The number of piperazine rings is 1. The van der Waals surface area contributed by atoms with Crippen LogP contribution in [0, 0.1) is 0 Å². The van der Waals surface area contributed by atoms with Gasteiger partial charge in [0.25, 0.3) is 11.8 Å². The fourth-order valence-electron chi connectivity index (χ4n) is 3.44. The number of nitrogens with zero attached hydrogens (tertiary/aromatic N) is 2. The lowest BCUT2D eigenvalue weighted by atomic mass is 10.2. The molecule has 0 saturated carbocycles. The van der Waals surface area contributed by atoms with Gasteiger partial charge in [-0.05, 0) is 25.1 Å². The first-order chi connectivity index (χ1) is 14.3. The van der Waals surface area contributed by atoms with E-state index in [0.717, 1.165) is 0 Å². The average Bonchev–Trinajstić information content (AvgIpc) is 2.74. The zero-order valence-corrected chi connectivity index (χ0v) is 17.7. The van der Waals surface area contributed by atoms with E-state index in [1.54, 1.807) is 36.1 Å². The molecule has 2 heterocycles. The van der Waals surface area contributed by atoms with Crippen LogP contribution in [0.2, 0.25) is 5.02 Å². The number of carbonyl (C=O) groups is 2. The van der Waals surface area contributed by atoms with Crippen molar-refractivity contribution >= 4 is 39.1 Å². The van der Waals surface area contributed by atoms with Gasteiger partial charge in [-0.1, -0.05) is 29.8 Å². The number of benzene rings is 2. The van der Waals surface area contributed by atoms with Crippen molar-refractivity contribution in [2.45, 2.75) is 17.9 Å². The van der Waals surface area contributed by atoms with Gasteiger partial charge in [0.15, 0.2) is 6.10 Å². The van der Waals surface area contributed by atoms with E-state index in [-0.39, 0.29) is 53.7 Å². The Balaban J connectivity index is 1.52. The van der Waals surface area contributed by atoms with Gasteiger partial charge < -0.3 is 15.0 Å². The molecule has 1 atom stereocenters. The molecule has 2 aromatic carbocycles. The van der Waals surface area contributed by atoms with Crippen LogP contribution >= 0.6 is 11.6 Å². The van der Waals surface area contributed by atoms with E-state index < -0.39 is 16.1 Å². The summed E-state index contributed by atoms with van der Waals surface area (Å²) in [6.07, 6.45) is -0.734. The summed E-state index contributed by atoms with van der Waals surface area (Å²) in [6, 6.07) is 11.6. The molecule has 2 aromatic rings. The number of sulfonamides is 1. The molecule has 4 rings (SSSR count). The molecule has 0 aliphatic carbocycles. The molecular formula is C20H20ClN3O5S. The zero-order chi connectivity index (χ0) is 21.5. The predicted octanol–water partition coefficient (Wildman–Crippen LogP) is 2.21. The number of hydrogen-bond acceptors (Lipinski definition) is 5. The number of amides is 2. The van der Waals surface area contributed by atoms with Gasteiger partial charge in [0.1, 0.15) is 10.6 Å². The molecule has 2 aliphatic rings. The van der Waals surface area contributed by atoms with Crippen LogP contribution in [0.4, 0.5) is 5.69 Å². The normalized spacial score (nSPS) is 19.6. The molecule has 1 N–H and O–H groups in total. The molecule has 1 saturated heterocycles. The summed E-state index contributed by atoms with van der Waals surface area (Å²) in [5, 5.41) is 2.64. The first-order valence-electron chi connectivity index (χ1n) is 9.43. The topological polar surface area (TPSA) is 96.0 Å². The maximum absolute atomic E-state index is 13.2. The molecule has 0 radical (unpaired) electrons. The second kappa shape index (κ2) is 7.90. The Morgan fingerprint density at radius 1 is 1.13 bits per heavy atom. The van der Waals surface area contributed by atoms with Crippen molar-refractivity contribution in [2.75, 3.05) is 31.5 Å². The molecule has 2 aliphatic heterocycles. The third-order valence-corrected chi connectivity index (χ3v) is 7.49. The van der Waals surface area contributed by atoms with Crippen LogP contribution in [-0.4, -0.2) is 61.7 Å². The Morgan fingerprint density at radius 2 is 1.80 bits per heavy atom. The molecule has 0 spiro atoms. The fraction of sp³-hybridized carbons (Fsp3) is 0.300. The zero-order valence-electron chi connectivity index (χ0n) is 16.2. The highest BCUT2D eigenvalue weighted by Gasteiger charge is 2.34. The third kappa shape index (κ3) is 3.76. The minimum Gasteiger partial charge on any atom is -0.479 e. The van der Waals surface area contributed by atoms with Gasteiger partial charge in [0, 0.05) is 37.8 Å². The van der Waals surface area contributed by atoms with Crippen LogP contribution in [0.1, 0.15) is 17.3 Å². The number of rotatable bonds is 3. The summed E-state index contributed by atoms with van der Waals surface area (Å²) in [7, 11) is -3.90. The van der Waals surface area contributed by atoms with Crippen molar-refractivity contribution in [3.63, 3.8) is 0 Å². The van der Waals surface area contributed by atoms with Crippen LogP contribution in [-0.2, 0) is 14.8 Å². The van der Waals surface area contributed by atoms with Gasteiger partial charge in [-0.3, -0.25) is 9.59 Å². The van der Waals surface area contributed by atoms with E-state index in [0.29, 0.717) is 11.3 Å². The Morgan fingerprint density at radius 3 is 2.47 bits per heavy atom. The summed E-state index contributed by atoms with van der Waals surface area (Å²) in [5.74, 6) is -0.200. The number of anilines is 1. The highest BCUT2D eigenvalue weighted by Crippen LogP contribution is 2.38. The van der Waals surface area contributed by atoms with E-state index in [9.17, 15) is 18.0 Å². The fourth-order valence-corrected chi connectivity index (χ4v) is 5.38. The molecule has 10 heteroatoms. The van der Waals surface area contributed by atoms with E-state index in [1.165, 1.54) is 16.4 Å². The van der Waals surface area contributed by atoms with Gasteiger partial charge in [0.2, 0.25) is 10.0 Å². The van der Waals surface area contributed by atoms with Crippen molar-refractivity contribution in [3.8, 4) is 5.75 Å². The summed E-state index contributed by atoms with van der Waals surface area (Å²) in [6.45, 7) is 2.44. The van der Waals surface area contributed by atoms with Crippen LogP contribution in [0.15, 0.2) is 47.4 Å². The Hall–Kier alpha value is -2.62. The minimum atomic E-state index is -3.90.